The molecule has 7 nitrogen and oxygen atoms in total. The summed E-state index contributed by atoms with van der Waals surface area (Å²) in [5.74, 6) is -0.331. The third kappa shape index (κ3) is 3.40. The Morgan fingerprint density at radius 2 is 1.90 bits per heavy atom. The minimum absolute atomic E-state index is 0.311. The zero-order valence-corrected chi connectivity index (χ0v) is 17.8. The average molecular weight is 431 g/mol. The molecule has 0 aliphatic heterocycles. The number of pyridine rings is 1. The lowest BCUT2D eigenvalue weighted by molar-refractivity contribution is 0.102. The lowest BCUT2D eigenvalue weighted by Gasteiger charge is -2.09. The molecular formula is C23H17N3O4S. The van der Waals surface area contributed by atoms with E-state index in [0.29, 0.717) is 39.3 Å². The molecule has 154 valence electrons. The zero-order valence-electron chi connectivity index (χ0n) is 17.0. The molecule has 5 aromatic rings. The van der Waals surface area contributed by atoms with Crippen LogP contribution in [0.3, 0.4) is 0 Å². The molecule has 0 saturated heterocycles. The number of benzene rings is 1. The molecule has 0 fully saturated rings. The van der Waals surface area contributed by atoms with Gasteiger partial charge < -0.3 is 14.3 Å². The smallest absolute Gasteiger partial charge is 0.336 e. The van der Waals surface area contributed by atoms with Crippen LogP contribution in [0.1, 0.15) is 26.5 Å². The van der Waals surface area contributed by atoms with Gasteiger partial charge in [0.05, 0.1) is 27.2 Å². The van der Waals surface area contributed by atoms with Crippen LogP contribution in [0.15, 0.2) is 56.2 Å². The molecule has 0 atom stereocenters. The predicted molar refractivity (Wildman–Crippen MR) is 120 cm³/mol. The molecule has 4 heterocycles. The fourth-order valence-electron chi connectivity index (χ4n) is 3.57. The Hall–Kier alpha value is -3.78. The Morgan fingerprint density at radius 3 is 2.68 bits per heavy atom. The number of rotatable bonds is 3. The van der Waals surface area contributed by atoms with Gasteiger partial charge in [0.2, 0.25) is 0 Å². The van der Waals surface area contributed by atoms with E-state index in [1.807, 2.05) is 32.0 Å². The van der Waals surface area contributed by atoms with E-state index in [2.05, 4.69) is 15.5 Å². The summed E-state index contributed by atoms with van der Waals surface area (Å²) >= 11 is 1.59. The second kappa shape index (κ2) is 7.17. The summed E-state index contributed by atoms with van der Waals surface area (Å²) in [6, 6.07) is 12.4. The molecule has 0 aliphatic rings. The van der Waals surface area contributed by atoms with Crippen LogP contribution < -0.4 is 10.9 Å². The number of thiophene rings is 1. The second-order valence-corrected chi connectivity index (χ2v) is 8.61. The maximum atomic E-state index is 13.2. The number of hydrogen-bond acceptors (Lipinski definition) is 7. The molecule has 31 heavy (non-hydrogen) atoms. The highest BCUT2D eigenvalue weighted by Gasteiger charge is 2.20. The van der Waals surface area contributed by atoms with Crippen molar-refractivity contribution >= 4 is 45.0 Å². The summed E-state index contributed by atoms with van der Waals surface area (Å²) in [4.78, 5) is 31.6. The summed E-state index contributed by atoms with van der Waals surface area (Å²) in [7, 11) is 0. The first-order valence-corrected chi connectivity index (χ1v) is 10.4. The van der Waals surface area contributed by atoms with Crippen molar-refractivity contribution in [3.8, 4) is 10.6 Å². The van der Waals surface area contributed by atoms with Crippen molar-refractivity contribution in [3.05, 3.63) is 74.6 Å². The zero-order chi connectivity index (χ0) is 21.7. The van der Waals surface area contributed by atoms with Crippen molar-refractivity contribution in [2.45, 2.75) is 20.8 Å². The van der Waals surface area contributed by atoms with Gasteiger partial charge in [-0.05, 0) is 56.7 Å². The fraction of sp³-hybridized carbons (Fsp3) is 0.130. The van der Waals surface area contributed by atoms with Gasteiger partial charge in [-0.3, -0.25) is 4.79 Å². The summed E-state index contributed by atoms with van der Waals surface area (Å²) in [6.07, 6.45) is 0. The van der Waals surface area contributed by atoms with Crippen molar-refractivity contribution < 1.29 is 13.7 Å². The molecule has 0 radical (unpaired) electrons. The van der Waals surface area contributed by atoms with E-state index < -0.39 is 5.63 Å². The van der Waals surface area contributed by atoms with Crippen LogP contribution in [0, 0.1) is 20.8 Å². The van der Waals surface area contributed by atoms with E-state index in [1.165, 1.54) is 6.07 Å². The first kappa shape index (κ1) is 19.2. The van der Waals surface area contributed by atoms with Crippen LogP contribution in [0.2, 0.25) is 0 Å². The van der Waals surface area contributed by atoms with Crippen molar-refractivity contribution in [2.75, 3.05) is 5.32 Å². The molecule has 1 aromatic carbocycles. The number of nitrogens with one attached hydrogen (secondary N) is 1. The van der Waals surface area contributed by atoms with Gasteiger partial charge in [0.1, 0.15) is 5.58 Å². The first-order chi connectivity index (χ1) is 14.9. The van der Waals surface area contributed by atoms with Gasteiger partial charge >= 0.3 is 5.63 Å². The molecule has 8 heteroatoms. The highest BCUT2D eigenvalue weighted by atomic mass is 32.1. The van der Waals surface area contributed by atoms with E-state index in [1.54, 1.807) is 36.5 Å². The first-order valence-electron chi connectivity index (χ1n) is 9.59. The summed E-state index contributed by atoms with van der Waals surface area (Å²) in [5, 5.41) is 8.25. The topological polar surface area (TPSA) is 98.2 Å². The summed E-state index contributed by atoms with van der Waals surface area (Å²) < 4.78 is 10.6. The molecule has 0 unspecified atom stereocenters. The Balaban J connectivity index is 1.58. The molecule has 0 bridgehead atoms. The number of aromatic nitrogens is 2. The molecule has 0 spiro atoms. The van der Waals surface area contributed by atoms with Crippen molar-refractivity contribution in [2.24, 2.45) is 0 Å². The van der Waals surface area contributed by atoms with E-state index in [9.17, 15) is 9.59 Å². The van der Waals surface area contributed by atoms with E-state index >= 15 is 0 Å². The van der Waals surface area contributed by atoms with Crippen LogP contribution in [0.25, 0.3) is 32.6 Å². The highest BCUT2D eigenvalue weighted by Crippen LogP contribution is 2.31. The van der Waals surface area contributed by atoms with Crippen molar-refractivity contribution in [1.82, 2.24) is 10.1 Å². The fourth-order valence-corrected chi connectivity index (χ4v) is 4.40. The van der Waals surface area contributed by atoms with Crippen LogP contribution >= 0.6 is 11.3 Å². The lowest BCUT2D eigenvalue weighted by Crippen LogP contribution is -2.13. The highest BCUT2D eigenvalue weighted by molar-refractivity contribution is 7.15. The van der Waals surface area contributed by atoms with Crippen LogP contribution in [0.5, 0.6) is 0 Å². The summed E-state index contributed by atoms with van der Waals surface area (Å²) in [6.45, 7) is 5.62. The Labute approximate surface area is 180 Å². The Bertz CT molecular complexity index is 1540. The van der Waals surface area contributed by atoms with Gasteiger partial charge in [0, 0.05) is 28.1 Å². The third-order valence-corrected chi connectivity index (χ3v) is 6.09. The molecule has 4 aromatic heterocycles. The maximum Gasteiger partial charge on any atom is 0.336 e. The molecule has 1 amide bonds. The number of anilines is 1. The van der Waals surface area contributed by atoms with E-state index in [-0.39, 0.29) is 5.91 Å². The van der Waals surface area contributed by atoms with E-state index in [4.69, 9.17) is 8.94 Å². The number of aryl methyl sites for hydroxylation is 3. The minimum atomic E-state index is -0.430. The van der Waals surface area contributed by atoms with Gasteiger partial charge in [-0.25, -0.2) is 9.78 Å². The van der Waals surface area contributed by atoms with Gasteiger partial charge in [0.15, 0.2) is 0 Å². The van der Waals surface area contributed by atoms with Crippen LogP contribution in [-0.2, 0) is 0 Å². The van der Waals surface area contributed by atoms with Gasteiger partial charge in [-0.1, -0.05) is 5.16 Å². The molecular weight excluding hydrogens is 414 g/mol. The largest absolute Gasteiger partial charge is 0.423 e. The van der Waals surface area contributed by atoms with Gasteiger partial charge in [-0.2, -0.15) is 0 Å². The standard InChI is InChI=1S/C23H17N3O4S/c1-11-8-20(27)29-18-9-14(5-6-15(11)18)24-22(28)16-10-17(19-7-4-12(2)31-19)25-23-21(16)13(3)26-30-23/h4-10H,1-3H3,(H,24,28). The lowest BCUT2D eigenvalue weighted by atomic mass is 10.1. The second-order valence-electron chi connectivity index (χ2n) is 7.33. The van der Waals surface area contributed by atoms with Crippen LogP contribution in [0.4, 0.5) is 5.69 Å². The molecule has 5 rings (SSSR count). The van der Waals surface area contributed by atoms with Crippen molar-refractivity contribution in [1.29, 1.82) is 0 Å². The number of amides is 1. The quantitative estimate of drug-likeness (QED) is 0.393. The molecule has 0 saturated carbocycles. The van der Waals surface area contributed by atoms with Crippen LogP contribution in [-0.4, -0.2) is 16.0 Å². The maximum absolute atomic E-state index is 13.2. The van der Waals surface area contributed by atoms with Crippen molar-refractivity contribution in [3.63, 3.8) is 0 Å². The van der Waals surface area contributed by atoms with Gasteiger partial charge in [-0.15, -0.1) is 11.3 Å². The normalized spacial score (nSPS) is 11.3. The Kier molecular flexibility index (Phi) is 4.44. The monoisotopic (exact) mass is 431 g/mol. The average Bonchev–Trinajstić information content (AvgIpc) is 3.33. The predicted octanol–water partition coefficient (Wildman–Crippen LogP) is 5.24. The SMILES string of the molecule is Cc1ccc(-c2cc(C(=O)Nc3ccc4c(C)cc(=O)oc4c3)c3c(C)noc3n2)s1. The number of carbonyl (C=O) groups excluding carboxylic acids is 1. The number of carbonyl (C=O) groups is 1. The molecule has 0 aliphatic carbocycles. The van der Waals surface area contributed by atoms with Gasteiger partial charge in [0.25, 0.3) is 11.6 Å². The minimum Gasteiger partial charge on any atom is -0.423 e. The molecule has 1 N–H and O–H groups in total. The summed E-state index contributed by atoms with van der Waals surface area (Å²) in [5.41, 5.74) is 3.27. The Morgan fingerprint density at radius 1 is 1.06 bits per heavy atom. The number of nitrogens with zero attached hydrogens (tertiary/aromatic N) is 2. The third-order valence-electron chi connectivity index (χ3n) is 5.06. The van der Waals surface area contributed by atoms with E-state index in [0.717, 1.165) is 20.7 Å². The number of hydrogen-bond donors (Lipinski definition) is 1. The number of fused-ring (bicyclic) bond motifs is 2.